The van der Waals surface area contributed by atoms with Crippen molar-refractivity contribution < 1.29 is 14.3 Å². The summed E-state index contributed by atoms with van der Waals surface area (Å²) >= 11 is 0. The Morgan fingerprint density at radius 3 is 2.92 bits per heavy atom. The zero-order valence-electron chi connectivity index (χ0n) is 7.87. The van der Waals surface area contributed by atoms with E-state index in [1.807, 2.05) is 0 Å². The van der Waals surface area contributed by atoms with Crippen molar-refractivity contribution in [2.75, 3.05) is 11.9 Å². The smallest absolute Gasteiger partial charge is 0.303 e. The van der Waals surface area contributed by atoms with E-state index in [0.29, 0.717) is 12.4 Å². The second kappa shape index (κ2) is 3.88. The predicted octanol–water partition coefficient (Wildman–Crippen LogP) is -1.04. The number of nitrogens with one attached hydrogen (secondary N) is 1. The van der Waals surface area contributed by atoms with Gasteiger partial charge in [-0.25, -0.2) is 0 Å². The van der Waals surface area contributed by atoms with Crippen LogP contribution in [0.3, 0.4) is 0 Å². The molecule has 0 amide bonds. The van der Waals surface area contributed by atoms with Gasteiger partial charge in [0.1, 0.15) is 0 Å². The van der Waals surface area contributed by atoms with Crippen LogP contribution in [0.1, 0.15) is 12.6 Å². The quantitative estimate of drug-likeness (QED) is 0.361. The largest absolute Gasteiger partial charge is 0.846 e. The SMILES string of the molecule is CCN=C([O-])Nc1on[n+](C)c1C. The van der Waals surface area contributed by atoms with Crippen LogP contribution in [0, 0.1) is 6.92 Å². The summed E-state index contributed by atoms with van der Waals surface area (Å²) in [5.41, 5.74) is 0.750. The minimum absolute atomic E-state index is 0.338. The molecule has 0 atom stereocenters. The average Bonchev–Trinajstić information content (AvgIpc) is 2.37. The zero-order valence-corrected chi connectivity index (χ0v) is 7.87. The number of anilines is 1. The second-order valence-electron chi connectivity index (χ2n) is 2.52. The number of rotatable bonds is 2. The van der Waals surface area contributed by atoms with E-state index in [2.05, 4.69) is 15.6 Å². The van der Waals surface area contributed by atoms with Crippen molar-refractivity contribution in [3.05, 3.63) is 5.69 Å². The Morgan fingerprint density at radius 1 is 1.77 bits per heavy atom. The Morgan fingerprint density at radius 2 is 2.46 bits per heavy atom. The van der Waals surface area contributed by atoms with E-state index in [1.165, 1.54) is 4.68 Å². The first-order valence-electron chi connectivity index (χ1n) is 3.96. The van der Waals surface area contributed by atoms with Crippen molar-refractivity contribution in [2.45, 2.75) is 13.8 Å². The van der Waals surface area contributed by atoms with Gasteiger partial charge in [0.05, 0.1) is 6.02 Å². The van der Waals surface area contributed by atoms with Crippen LogP contribution in [-0.4, -0.2) is 17.8 Å². The van der Waals surface area contributed by atoms with Gasteiger partial charge in [0.25, 0.3) is 5.69 Å². The summed E-state index contributed by atoms with van der Waals surface area (Å²) < 4.78 is 6.36. The number of amidine groups is 1. The van der Waals surface area contributed by atoms with Crippen LogP contribution in [0.25, 0.3) is 0 Å². The van der Waals surface area contributed by atoms with Gasteiger partial charge in [0.2, 0.25) is 5.27 Å². The van der Waals surface area contributed by atoms with Gasteiger partial charge in [-0.15, -0.1) is 0 Å². The molecular weight excluding hydrogens is 172 g/mol. The molecule has 0 saturated carbocycles. The number of aromatic nitrogens is 2. The summed E-state index contributed by atoms with van der Waals surface area (Å²) in [6, 6.07) is -0.414. The molecule has 13 heavy (non-hydrogen) atoms. The van der Waals surface area contributed by atoms with Crippen LogP contribution < -0.4 is 15.1 Å². The summed E-state index contributed by atoms with van der Waals surface area (Å²) in [4.78, 5) is 3.62. The highest BCUT2D eigenvalue weighted by Gasteiger charge is 2.14. The number of hydrogen-bond donors (Lipinski definition) is 1. The highest BCUT2D eigenvalue weighted by Crippen LogP contribution is 2.06. The van der Waals surface area contributed by atoms with Crippen molar-refractivity contribution in [2.24, 2.45) is 12.0 Å². The lowest BCUT2D eigenvalue weighted by Crippen LogP contribution is -2.33. The van der Waals surface area contributed by atoms with Gasteiger partial charge in [0, 0.05) is 13.5 Å². The number of aryl methyl sites for hydroxylation is 1. The van der Waals surface area contributed by atoms with E-state index in [4.69, 9.17) is 4.52 Å². The van der Waals surface area contributed by atoms with Crippen LogP contribution in [0.2, 0.25) is 0 Å². The summed E-state index contributed by atoms with van der Waals surface area (Å²) in [5.74, 6) is 0.338. The maximum atomic E-state index is 11.0. The molecule has 1 aromatic heterocycles. The Bertz CT molecular complexity index is 318. The highest BCUT2D eigenvalue weighted by atomic mass is 16.5. The molecular formula is C7H12N4O2. The fourth-order valence-corrected chi connectivity index (χ4v) is 0.770. The fourth-order valence-electron chi connectivity index (χ4n) is 0.770. The van der Waals surface area contributed by atoms with Gasteiger partial charge in [-0.2, -0.15) is 0 Å². The summed E-state index contributed by atoms with van der Waals surface area (Å²) in [7, 11) is 1.73. The van der Waals surface area contributed by atoms with E-state index >= 15 is 0 Å². The average molecular weight is 184 g/mol. The lowest BCUT2D eigenvalue weighted by atomic mass is 10.5. The lowest BCUT2D eigenvalue weighted by Gasteiger charge is -2.08. The van der Waals surface area contributed by atoms with Crippen LogP contribution in [0.5, 0.6) is 0 Å². The first-order chi connectivity index (χ1) is 6.15. The number of aliphatic imine (C=N–C) groups is 1. The van der Waals surface area contributed by atoms with Gasteiger partial charge >= 0.3 is 5.88 Å². The second-order valence-corrected chi connectivity index (χ2v) is 2.52. The number of nitrogens with zero attached hydrogens (tertiary/aromatic N) is 3. The van der Waals surface area contributed by atoms with Crippen molar-refractivity contribution >= 4 is 11.9 Å². The minimum atomic E-state index is -0.414. The van der Waals surface area contributed by atoms with Crippen LogP contribution in [-0.2, 0) is 7.05 Å². The zero-order chi connectivity index (χ0) is 9.84. The molecule has 0 fully saturated rings. The molecule has 1 aromatic rings. The molecule has 0 saturated heterocycles. The molecule has 6 nitrogen and oxygen atoms in total. The molecule has 0 aliphatic heterocycles. The molecule has 0 aliphatic rings. The fraction of sp³-hybridized carbons (Fsp3) is 0.571. The monoisotopic (exact) mass is 184 g/mol. The third kappa shape index (κ3) is 2.17. The Kier molecular flexibility index (Phi) is 2.84. The number of hydrogen-bond acceptors (Lipinski definition) is 4. The topological polar surface area (TPSA) is 77.4 Å². The summed E-state index contributed by atoms with van der Waals surface area (Å²) in [6.07, 6.45) is 0. The lowest BCUT2D eigenvalue weighted by molar-refractivity contribution is -0.744. The van der Waals surface area contributed by atoms with Crippen molar-refractivity contribution in [1.29, 1.82) is 0 Å². The molecule has 6 heteroatoms. The summed E-state index contributed by atoms with van der Waals surface area (Å²) in [5, 5.41) is 17.1. The van der Waals surface area contributed by atoms with Crippen LogP contribution >= 0.6 is 0 Å². The normalized spacial score (nSPS) is 11.8. The van der Waals surface area contributed by atoms with Crippen molar-refractivity contribution in [3.8, 4) is 0 Å². The molecule has 0 radical (unpaired) electrons. The van der Waals surface area contributed by atoms with E-state index < -0.39 is 6.02 Å². The maximum Gasteiger partial charge on any atom is 0.303 e. The molecule has 0 unspecified atom stereocenters. The van der Waals surface area contributed by atoms with Crippen molar-refractivity contribution in [3.63, 3.8) is 0 Å². The molecule has 1 N–H and O–H groups in total. The molecule has 0 aliphatic carbocycles. The predicted molar refractivity (Wildman–Crippen MR) is 44.0 cm³/mol. The van der Waals surface area contributed by atoms with Crippen molar-refractivity contribution in [1.82, 2.24) is 5.27 Å². The van der Waals surface area contributed by atoms with Gasteiger partial charge in [-0.3, -0.25) is 9.52 Å². The first-order valence-corrected chi connectivity index (χ1v) is 3.96. The Balaban J connectivity index is 2.75. The maximum absolute atomic E-state index is 11.0. The molecule has 0 spiro atoms. The van der Waals surface area contributed by atoms with Gasteiger partial charge < -0.3 is 10.4 Å². The van der Waals surface area contributed by atoms with E-state index in [1.54, 1.807) is 20.9 Å². The van der Waals surface area contributed by atoms with Crippen LogP contribution in [0.4, 0.5) is 5.88 Å². The highest BCUT2D eigenvalue weighted by molar-refractivity contribution is 5.83. The molecule has 1 heterocycles. The van der Waals surface area contributed by atoms with E-state index in [-0.39, 0.29) is 0 Å². The van der Waals surface area contributed by atoms with Gasteiger partial charge in [-0.05, 0) is 6.92 Å². The Hall–Kier alpha value is -1.59. The molecule has 0 bridgehead atoms. The summed E-state index contributed by atoms with van der Waals surface area (Å²) in [6.45, 7) is 4.02. The minimum Gasteiger partial charge on any atom is -0.846 e. The standard InChI is InChI=1S/C7H12N4O2/c1-4-8-7(12)9-6-5(2)11(3)10-13-6/h4H2,1-3H3,(H-,8,9,10,12). The van der Waals surface area contributed by atoms with E-state index in [9.17, 15) is 5.11 Å². The molecule has 1 rings (SSSR count). The van der Waals surface area contributed by atoms with Gasteiger partial charge in [-0.1, -0.05) is 4.68 Å². The Labute approximate surface area is 75.9 Å². The van der Waals surface area contributed by atoms with Crippen LogP contribution in [0.15, 0.2) is 9.52 Å². The molecule has 0 aromatic carbocycles. The van der Waals surface area contributed by atoms with E-state index in [0.717, 1.165) is 5.69 Å². The third-order valence-electron chi connectivity index (χ3n) is 1.59. The van der Waals surface area contributed by atoms with Gasteiger partial charge in [0.15, 0.2) is 7.05 Å². The first kappa shape index (κ1) is 9.50. The molecule has 72 valence electrons. The third-order valence-corrected chi connectivity index (χ3v) is 1.59.